The van der Waals surface area contributed by atoms with Gasteiger partial charge in [-0.1, -0.05) is 30.3 Å². The maximum Gasteiger partial charge on any atom is 0.262 e. The first-order chi connectivity index (χ1) is 13.8. The molecule has 0 fully saturated rings. The molecule has 0 aromatic heterocycles. The molecule has 0 atom stereocenters. The fourth-order valence-electron chi connectivity index (χ4n) is 2.82. The van der Waals surface area contributed by atoms with Gasteiger partial charge in [0.15, 0.2) is 0 Å². The number of amides is 1. The molecule has 0 bridgehead atoms. The normalized spacial score (nSPS) is 11.0. The topological polar surface area (TPSA) is 84.5 Å². The molecular formula is C22H22N2O4S. The van der Waals surface area contributed by atoms with Gasteiger partial charge in [-0.15, -0.1) is 0 Å². The van der Waals surface area contributed by atoms with Gasteiger partial charge in [-0.05, 0) is 61.4 Å². The molecule has 0 aliphatic rings. The summed E-state index contributed by atoms with van der Waals surface area (Å²) in [7, 11) is -2.44. The van der Waals surface area contributed by atoms with E-state index in [-0.39, 0.29) is 16.4 Å². The fraction of sp³-hybridized carbons (Fsp3) is 0.136. The van der Waals surface area contributed by atoms with Crippen molar-refractivity contribution < 1.29 is 17.9 Å². The predicted molar refractivity (Wildman–Crippen MR) is 114 cm³/mol. The monoisotopic (exact) mass is 410 g/mol. The molecule has 0 radical (unpaired) electrons. The number of anilines is 2. The molecule has 7 heteroatoms. The van der Waals surface area contributed by atoms with Gasteiger partial charge >= 0.3 is 0 Å². The molecule has 0 aliphatic heterocycles. The summed E-state index contributed by atoms with van der Waals surface area (Å²) in [5.41, 5.74) is 3.27. The van der Waals surface area contributed by atoms with Crippen LogP contribution in [-0.4, -0.2) is 21.4 Å². The smallest absolute Gasteiger partial charge is 0.262 e. The van der Waals surface area contributed by atoms with E-state index in [1.807, 2.05) is 32.0 Å². The van der Waals surface area contributed by atoms with Gasteiger partial charge < -0.3 is 10.1 Å². The molecule has 0 saturated carbocycles. The van der Waals surface area contributed by atoms with Gasteiger partial charge in [-0.25, -0.2) is 8.42 Å². The Balaban J connectivity index is 1.86. The Kier molecular flexibility index (Phi) is 5.89. The SMILES string of the molecule is COc1ccccc1NS(=O)(=O)c1cccc(C(=O)Nc2cccc(C)c2C)c1. The predicted octanol–water partition coefficient (Wildman–Crippen LogP) is 4.37. The number of sulfonamides is 1. The zero-order valence-electron chi connectivity index (χ0n) is 16.4. The van der Waals surface area contributed by atoms with E-state index in [0.717, 1.165) is 11.1 Å². The Morgan fingerprint density at radius 1 is 0.897 bits per heavy atom. The van der Waals surface area contributed by atoms with E-state index >= 15 is 0 Å². The largest absolute Gasteiger partial charge is 0.495 e. The van der Waals surface area contributed by atoms with Crippen molar-refractivity contribution in [2.45, 2.75) is 18.7 Å². The number of carbonyl (C=O) groups is 1. The summed E-state index contributed by atoms with van der Waals surface area (Å²) in [6.07, 6.45) is 0. The van der Waals surface area contributed by atoms with E-state index in [1.165, 1.54) is 25.3 Å². The number of carbonyl (C=O) groups excluding carboxylic acids is 1. The van der Waals surface area contributed by atoms with Crippen molar-refractivity contribution in [1.29, 1.82) is 0 Å². The minimum absolute atomic E-state index is 0.0166. The number of ether oxygens (including phenoxy) is 1. The van der Waals surface area contributed by atoms with E-state index in [2.05, 4.69) is 10.0 Å². The molecule has 150 valence electrons. The Morgan fingerprint density at radius 2 is 1.59 bits per heavy atom. The quantitative estimate of drug-likeness (QED) is 0.632. The van der Waals surface area contributed by atoms with Crippen LogP contribution >= 0.6 is 0 Å². The minimum atomic E-state index is -3.90. The molecule has 2 N–H and O–H groups in total. The van der Waals surface area contributed by atoms with Gasteiger partial charge in [0, 0.05) is 11.3 Å². The van der Waals surface area contributed by atoms with E-state index in [4.69, 9.17) is 4.74 Å². The molecule has 1 amide bonds. The van der Waals surface area contributed by atoms with Crippen LogP contribution < -0.4 is 14.8 Å². The second-order valence-corrected chi connectivity index (χ2v) is 8.22. The van der Waals surface area contributed by atoms with Crippen LogP contribution in [0.5, 0.6) is 5.75 Å². The molecule has 0 saturated heterocycles. The van der Waals surface area contributed by atoms with Gasteiger partial charge in [0.1, 0.15) is 5.75 Å². The molecule has 0 unspecified atom stereocenters. The minimum Gasteiger partial charge on any atom is -0.495 e. The molecular weight excluding hydrogens is 388 g/mol. The van der Waals surface area contributed by atoms with Crippen LogP contribution in [0.25, 0.3) is 0 Å². The first kappa shape index (κ1) is 20.4. The van der Waals surface area contributed by atoms with Gasteiger partial charge in [0.05, 0.1) is 17.7 Å². The molecule has 0 aliphatic carbocycles. The Hall–Kier alpha value is -3.32. The van der Waals surface area contributed by atoms with Crippen molar-refractivity contribution in [1.82, 2.24) is 0 Å². The van der Waals surface area contributed by atoms with Crippen LogP contribution in [0.2, 0.25) is 0 Å². The highest BCUT2D eigenvalue weighted by Gasteiger charge is 2.18. The van der Waals surface area contributed by atoms with Gasteiger partial charge in [-0.2, -0.15) is 0 Å². The zero-order valence-corrected chi connectivity index (χ0v) is 17.2. The lowest BCUT2D eigenvalue weighted by molar-refractivity contribution is 0.102. The molecule has 3 aromatic carbocycles. The lowest BCUT2D eigenvalue weighted by Crippen LogP contribution is -2.16. The standard InChI is InChI=1S/C22H22N2O4S/c1-15-8-6-12-19(16(15)2)23-22(25)17-9-7-10-18(14-17)29(26,27)24-20-11-4-5-13-21(20)28-3/h4-14,24H,1-3H3,(H,23,25). The maximum absolute atomic E-state index is 12.8. The molecule has 6 nitrogen and oxygen atoms in total. The number of hydrogen-bond donors (Lipinski definition) is 2. The van der Waals surface area contributed by atoms with Crippen molar-refractivity contribution in [3.63, 3.8) is 0 Å². The van der Waals surface area contributed by atoms with Crippen molar-refractivity contribution in [3.05, 3.63) is 83.4 Å². The van der Waals surface area contributed by atoms with Crippen LogP contribution in [0.15, 0.2) is 71.6 Å². The maximum atomic E-state index is 12.8. The van der Waals surface area contributed by atoms with Crippen molar-refractivity contribution in [2.24, 2.45) is 0 Å². The van der Waals surface area contributed by atoms with Crippen molar-refractivity contribution >= 4 is 27.3 Å². The van der Waals surface area contributed by atoms with E-state index in [0.29, 0.717) is 17.1 Å². The van der Waals surface area contributed by atoms with Crippen LogP contribution in [0, 0.1) is 13.8 Å². The lowest BCUT2D eigenvalue weighted by atomic mass is 10.1. The highest BCUT2D eigenvalue weighted by Crippen LogP contribution is 2.26. The average Bonchev–Trinajstić information content (AvgIpc) is 2.71. The molecule has 0 spiro atoms. The third kappa shape index (κ3) is 4.57. The summed E-state index contributed by atoms with van der Waals surface area (Å²) < 4.78 is 33.3. The summed E-state index contributed by atoms with van der Waals surface area (Å²) >= 11 is 0. The van der Waals surface area contributed by atoms with E-state index < -0.39 is 10.0 Å². The number of aryl methyl sites for hydroxylation is 1. The molecule has 0 heterocycles. The lowest BCUT2D eigenvalue weighted by Gasteiger charge is -2.13. The number of rotatable bonds is 6. The summed E-state index contributed by atoms with van der Waals surface area (Å²) in [6, 6.07) is 18.2. The van der Waals surface area contributed by atoms with Crippen molar-refractivity contribution in [2.75, 3.05) is 17.1 Å². The molecule has 29 heavy (non-hydrogen) atoms. The second kappa shape index (κ2) is 8.36. The first-order valence-corrected chi connectivity index (χ1v) is 10.4. The third-order valence-corrected chi connectivity index (χ3v) is 5.97. The van der Waals surface area contributed by atoms with Gasteiger partial charge in [-0.3, -0.25) is 9.52 Å². The third-order valence-electron chi connectivity index (χ3n) is 4.61. The first-order valence-electron chi connectivity index (χ1n) is 8.95. The highest BCUT2D eigenvalue weighted by molar-refractivity contribution is 7.92. The number of para-hydroxylation sites is 2. The van der Waals surface area contributed by atoms with Gasteiger partial charge in [0.25, 0.3) is 15.9 Å². The summed E-state index contributed by atoms with van der Waals surface area (Å²) in [5.74, 6) is 0.0212. The van der Waals surface area contributed by atoms with E-state index in [9.17, 15) is 13.2 Å². The number of benzene rings is 3. The number of hydrogen-bond acceptors (Lipinski definition) is 4. The summed E-state index contributed by atoms with van der Waals surface area (Å²) in [6.45, 7) is 3.88. The Labute approximate surface area is 170 Å². The number of methoxy groups -OCH3 is 1. The highest BCUT2D eigenvalue weighted by atomic mass is 32.2. The Morgan fingerprint density at radius 3 is 2.34 bits per heavy atom. The summed E-state index contributed by atoms with van der Waals surface area (Å²) in [4.78, 5) is 12.7. The molecule has 3 aromatic rings. The van der Waals surface area contributed by atoms with Crippen LogP contribution in [-0.2, 0) is 10.0 Å². The molecule has 3 rings (SSSR count). The van der Waals surface area contributed by atoms with Crippen molar-refractivity contribution in [3.8, 4) is 5.75 Å². The Bertz CT molecular complexity index is 1160. The van der Waals surface area contributed by atoms with E-state index in [1.54, 1.807) is 30.3 Å². The van der Waals surface area contributed by atoms with Gasteiger partial charge in [0.2, 0.25) is 0 Å². The average molecular weight is 410 g/mol. The fourth-order valence-corrected chi connectivity index (χ4v) is 3.93. The number of nitrogens with one attached hydrogen (secondary N) is 2. The zero-order chi connectivity index (χ0) is 21.0. The van der Waals surface area contributed by atoms with Crippen LogP contribution in [0.3, 0.4) is 0 Å². The van der Waals surface area contributed by atoms with Crippen LogP contribution in [0.4, 0.5) is 11.4 Å². The second-order valence-electron chi connectivity index (χ2n) is 6.54. The summed E-state index contributed by atoms with van der Waals surface area (Å²) in [5, 5.41) is 2.84. The van der Waals surface area contributed by atoms with Crippen LogP contribution in [0.1, 0.15) is 21.5 Å².